The lowest BCUT2D eigenvalue weighted by atomic mass is 9.97. The normalized spacial score (nSPS) is 30.5. The molecule has 2 aliphatic rings. The molecule has 0 bridgehead atoms. The Morgan fingerprint density at radius 1 is 1.27 bits per heavy atom. The number of likely N-dealkylation sites (tertiary alicyclic amines) is 1. The minimum Gasteiger partial charge on any atom is -0.340 e. The fraction of sp³-hybridized carbons (Fsp3) is 0.917. The Labute approximate surface area is 91.8 Å². The second-order valence-electron chi connectivity index (χ2n) is 4.34. The fourth-order valence-electron chi connectivity index (χ4n) is 1.81. The number of carbonyl (C=O) groups excluding carboxylic acids is 1. The molecule has 2 atom stereocenters. The largest absolute Gasteiger partial charge is 0.340 e. The number of alkyl halides is 1. The molecular formula is C12H22FNO. The molecule has 1 aliphatic heterocycles. The van der Waals surface area contributed by atoms with Crippen molar-refractivity contribution < 1.29 is 9.18 Å². The first-order chi connectivity index (χ1) is 7.18. The lowest BCUT2D eigenvalue weighted by molar-refractivity contribution is -0.135. The molecule has 1 saturated heterocycles. The van der Waals surface area contributed by atoms with E-state index in [0.717, 1.165) is 25.8 Å². The maximum Gasteiger partial charge on any atom is 0.225 e. The first-order valence-corrected chi connectivity index (χ1v) is 6.11. The Morgan fingerprint density at radius 2 is 1.87 bits per heavy atom. The lowest BCUT2D eigenvalue weighted by Gasteiger charge is -2.33. The number of hydrogen-bond acceptors (Lipinski definition) is 1. The van der Waals surface area contributed by atoms with Crippen LogP contribution < -0.4 is 0 Å². The SMILES string of the molecule is CC.CC1CCN(C(=O)C2CC2)CC1F. The summed E-state index contributed by atoms with van der Waals surface area (Å²) in [7, 11) is 0. The molecule has 2 fully saturated rings. The molecule has 0 aromatic rings. The molecule has 0 aromatic heterocycles. The molecule has 3 heteroatoms. The van der Waals surface area contributed by atoms with Gasteiger partial charge in [-0.15, -0.1) is 0 Å². The Bertz CT molecular complexity index is 216. The molecule has 2 nitrogen and oxygen atoms in total. The van der Waals surface area contributed by atoms with Gasteiger partial charge in [-0.25, -0.2) is 4.39 Å². The molecule has 88 valence electrons. The van der Waals surface area contributed by atoms with Crippen LogP contribution in [-0.4, -0.2) is 30.1 Å². The molecule has 1 saturated carbocycles. The molecule has 2 unspecified atom stereocenters. The van der Waals surface area contributed by atoms with Crippen molar-refractivity contribution in [2.45, 2.75) is 46.2 Å². The maximum absolute atomic E-state index is 13.3. The van der Waals surface area contributed by atoms with E-state index in [2.05, 4.69) is 0 Å². The summed E-state index contributed by atoms with van der Waals surface area (Å²) in [4.78, 5) is 13.3. The van der Waals surface area contributed by atoms with Crippen molar-refractivity contribution in [3.05, 3.63) is 0 Å². The fourth-order valence-corrected chi connectivity index (χ4v) is 1.81. The third kappa shape index (κ3) is 3.18. The van der Waals surface area contributed by atoms with Crippen molar-refractivity contribution in [2.24, 2.45) is 11.8 Å². The Balaban J connectivity index is 0.000000531. The van der Waals surface area contributed by atoms with E-state index in [9.17, 15) is 9.18 Å². The van der Waals surface area contributed by atoms with Crippen LogP contribution in [0.15, 0.2) is 0 Å². The predicted octanol–water partition coefficient (Wildman–Crippen LogP) is 2.63. The molecule has 1 heterocycles. The monoisotopic (exact) mass is 215 g/mol. The molecular weight excluding hydrogens is 193 g/mol. The van der Waals surface area contributed by atoms with Gasteiger partial charge in [0.1, 0.15) is 6.17 Å². The van der Waals surface area contributed by atoms with E-state index in [1.807, 2.05) is 20.8 Å². The first kappa shape index (κ1) is 12.5. The van der Waals surface area contributed by atoms with Crippen LogP contribution in [0.4, 0.5) is 4.39 Å². The van der Waals surface area contributed by atoms with Crippen LogP contribution in [0.3, 0.4) is 0 Å². The van der Waals surface area contributed by atoms with Gasteiger partial charge in [0.2, 0.25) is 5.91 Å². The van der Waals surface area contributed by atoms with Crippen molar-refractivity contribution in [2.75, 3.05) is 13.1 Å². The van der Waals surface area contributed by atoms with Crippen LogP contribution in [0.5, 0.6) is 0 Å². The van der Waals surface area contributed by atoms with Gasteiger partial charge in [-0.1, -0.05) is 20.8 Å². The summed E-state index contributed by atoms with van der Waals surface area (Å²) >= 11 is 0. The Kier molecular flexibility index (Phi) is 4.55. The summed E-state index contributed by atoms with van der Waals surface area (Å²) in [6, 6.07) is 0. The van der Waals surface area contributed by atoms with Gasteiger partial charge in [-0.05, 0) is 25.2 Å². The van der Waals surface area contributed by atoms with Crippen LogP contribution in [0.1, 0.15) is 40.0 Å². The van der Waals surface area contributed by atoms with Crippen LogP contribution >= 0.6 is 0 Å². The zero-order chi connectivity index (χ0) is 11.4. The van der Waals surface area contributed by atoms with Gasteiger partial charge in [0.05, 0.1) is 6.54 Å². The average Bonchev–Trinajstić information content (AvgIpc) is 3.08. The first-order valence-electron chi connectivity index (χ1n) is 6.11. The van der Waals surface area contributed by atoms with Crippen molar-refractivity contribution in [1.29, 1.82) is 0 Å². The molecule has 15 heavy (non-hydrogen) atoms. The third-order valence-corrected chi connectivity index (χ3v) is 3.10. The van der Waals surface area contributed by atoms with Crippen LogP contribution in [-0.2, 0) is 4.79 Å². The Morgan fingerprint density at radius 3 is 2.33 bits per heavy atom. The summed E-state index contributed by atoms with van der Waals surface area (Å²) in [5, 5.41) is 0. The predicted molar refractivity (Wildman–Crippen MR) is 59.3 cm³/mol. The lowest BCUT2D eigenvalue weighted by Crippen LogP contribution is -2.44. The summed E-state index contributed by atoms with van der Waals surface area (Å²) in [5.41, 5.74) is 0. The van der Waals surface area contributed by atoms with Gasteiger partial charge in [0, 0.05) is 12.5 Å². The van der Waals surface area contributed by atoms with Crippen molar-refractivity contribution in [3.63, 3.8) is 0 Å². The van der Waals surface area contributed by atoms with Gasteiger partial charge < -0.3 is 4.90 Å². The number of rotatable bonds is 1. The maximum atomic E-state index is 13.3. The second-order valence-corrected chi connectivity index (χ2v) is 4.34. The van der Waals surface area contributed by atoms with E-state index in [4.69, 9.17) is 0 Å². The number of carbonyl (C=O) groups is 1. The van der Waals surface area contributed by atoms with E-state index < -0.39 is 6.17 Å². The summed E-state index contributed by atoms with van der Waals surface area (Å²) < 4.78 is 13.3. The molecule has 0 aromatic carbocycles. The highest BCUT2D eigenvalue weighted by atomic mass is 19.1. The summed E-state index contributed by atoms with van der Waals surface area (Å²) in [6.07, 6.45) is 2.04. The van der Waals surface area contributed by atoms with Crippen LogP contribution in [0.2, 0.25) is 0 Å². The number of piperidine rings is 1. The van der Waals surface area contributed by atoms with Crippen molar-refractivity contribution >= 4 is 5.91 Å². The van der Waals surface area contributed by atoms with Gasteiger partial charge in [0.15, 0.2) is 0 Å². The van der Waals surface area contributed by atoms with Crippen molar-refractivity contribution in [1.82, 2.24) is 4.90 Å². The smallest absolute Gasteiger partial charge is 0.225 e. The molecule has 2 rings (SSSR count). The minimum absolute atomic E-state index is 0.128. The molecule has 0 spiro atoms. The highest BCUT2D eigenvalue weighted by Gasteiger charge is 2.36. The zero-order valence-corrected chi connectivity index (χ0v) is 10.0. The number of amides is 1. The van der Waals surface area contributed by atoms with Gasteiger partial charge >= 0.3 is 0 Å². The van der Waals surface area contributed by atoms with E-state index in [1.54, 1.807) is 4.90 Å². The van der Waals surface area contributed by atoms with Gasteiger partial charge in [-0.2, -0.15) is 0 Å². The van der Waals surface area contributed by atoms with Gasteiger partial charge in [-0.3, -0.25) is 4.79 Å². The number of hydrogen-bond donors (Lipinski definition) is 0. The van der Waals surface area contributed by atoms with E-state index in [1.165, 1.54) is 0 Å². The van der Waals surface area contributed by atoms with E-state index >= 15 is 0 Å². The highest BCUT2D eigenvalue weighted by Crippen LogP contribution is 2.32. The van der Waals surface area contributed by atoms with Crippen LogP contribution in [0.25, 0.3) is 0 Å². The van der Waals surface area contributed by atoms with E-state index in [0.29, 0.717) is 6.54 Å². The number of halogens is 1. The zero-order valence-electron chi connectivity index (χ0n) is 10.0. The van der Waals surface area contributed by atoms with Crippen LogP contribution in [0, 0.1) is 11.8 Å². The molecule has 0 N–H and O–H groups in total. The topological polar surface area (TPSA) is 20.3 Å². The average molecular weight is 215 g/mol. The van der Waals surface area contributed by atoms with Crippen molar-refractivity contribution in [3.8, 4) is 0 Å². The van der Waals surface area contributed by atoms with Gasteiger partial charge in [0.25, 0.3) is 0 Å². The number of nitrogens with zero attached hydrogens (tertiary/aromatic N) is 1. The minimum atomic E-state index is -0.809. The molecule has 0 radical (unpaired) electrons. The highest BCUT2D eigenvalue weighted by molar-refractivity contribution is 5.81. The van der Waals surface area contributed by atoms with E-state index in [-0.39, 0.29) is 17.7 Å². The molecule has 1 amide bonds. The molecule has 1 aliphatic carbocycles. The third-order valence-electron chi connectivity index (χ3n) is 3.10. The summed E-state index contributed by atoms with van der Waals surface area (Å²) in [6.45, 7) is 7.01. The Hall–Kier alpha value is -0.600. The summed E-state index contributed by atoms with van der Waals surface area (Å²) in [5.74, 6) is 0.554. The second kappa shape index (κ2) is 5.47. The quantitative estimate of drug-likeness (QED) is 0.658. The standard InChI is InChI=1S/C10H16FNO.C2H6/c1-7-4-5-12(6-9(7)11)10(13)8-2-3-8;1-2/h7-9H,2-6H2,1H3;1-2H3.